The van der Waals surface area contributed by atoms with E-state index in [2.05, 4.69) is 29.4 Å². The number of aromatic hydroxyl groups is 1. The highest BCUT2D eigenvalue weighted by Gasteiger charge is 2.04. The molecule has 1 atom stereocenters. The van der Waals surface area contributed by atoms with Gasteiger partial charge in [-0.2, -0.15) is 0 Å². The number of rotatable bonds is 4. The van der Waals surface area contributed by atoms with Crippen molar-refractivity contribution in [3.63, 3.8) is 0 Å². The Balaban J connectivity index is 1.92. The molecule has 88 valence electrons. The molecule has 0 aliphatic heterocycles. The smallest absolute Gasteiger partial charge is 0.133 e. The number of benzene rings is 1. The monoisotopic (exact) mass is 228 g/mol. The van der Waals surface area contributed by atoms with Gasteiger partial charge in [-0.3, -0.25) is 4.98 Å². The van der Waals surface area contributed by atoms with Crippen molar-refractivity contribution in [1.29, 1.82) is 0 Å². The van der Waals surface area contributed by atoms with Crippen molar-refractivity contribution in [1.82, 2.24) is 10.3 Å². The van der Waals surface area contributed by atoms with Crippen molar-refractivity contribution in [2.24, 2.45) is 0 Å². The topological polar surface area (TPSA) is 45.1 Å². The van der Waals surface area contributed by atoms with Crippen LogP contribution in [0.15, 0.2) is 48.7 Å². The third-order valence-electron chi connectivity index (χ3n) is 2.70. The number of aromatic nitrogens is 1. The van der Waals surface area contributed by atoms with Crippen LogP contribution in [0.25, 0.3) is 0 Å². The summed E-state index contributed by atoms with van der Waals surface area (Å²) >= 11 is 0. The predicted molar refractivity (Wildman–Crippen MR) is 67.6 cm³/mol. The predicted octanol–water partition coefficient (Wildman–Crippen LogP) is 2.64. The van der Waals surface area contributed by atoms with Crippen molar-refractivity contribution >= 4 is 0 Å². The summed E-state index contributed by atoms with van der Waals surface area (Å²) in [5.41, 5.74) is 2.18. The molecule has 1 aromatic heterocycles. The molecule has 2 rings (SSSR count). The molecule has 0 saturated carbocycles. The van der Waals surface area contributed by atoms with Gasteiger partial charge < -0.3 is 10.4 Å². The molecule has 0 radical (unpaired) electrons. The Morgan fingerprint density at radius 2 is 1.94 bits per heavy atom. The fraction of sp³-hybridized carbons (Fsp3) is 0.214. The summed E-state index contributed by atoms with van der Waals surface area (Å²) in [6, 6.07) is 14.0. The van der Waals surface area contributed by atoms with Crippen molar-refractivity contribution in [3.05, 3.63) is 59.9 Å². The average Bonchev–Trinajstić information content (AvgIpc) is 2.39. The summed E-state index contributed by atoms with van der Waals surface area (Å²) in [6.07, 6.45) is 1.46. The highest BCUT2D eigenvalue weighted by molar-refractivity contribution is 5.20. The first kappa shape index (κ1) is 11.6. The number of nitrogens with zero attached hydrogens (tertiary/aromatic N) is 1. The number of hydrogen-bond acceptors (Lipinski definition) is 3. The normalized spacial score (nSPS) is 12.3. The second kappa shape index (κ2) is 5.46. The lowest BCUT2D eigenvalue weighted by atomic mass is 10.1. The zero-order valence-electron chi connectivity index (χ0n) is 9.80. The molecule has 3 nitrogen and oxygen atoms in total. The molecule has 0 amide bonds. The zero-order chi connectivity index (χ0) is 12.1. The van der Waals surface area contributed by atoms with E-state index in [1.54, 1.807) is 6.07 Å². The molecule has 0 spiro atoms. The van der Waals surface area contributed by atoms with Crippen LogP contribution in [-0.2, 0) is 6.54 Å². The molecule has 17 heavy (non-hydrogen) atoms. The highest BCUT2D eigenvalue weighted by atomic mass is 16.3. The fourth-order valence-corrected chi connectivity index (χ4v) is 1.64. The van der Waals surface area contributed by atoms with Gasteiger partial charge in [0.05, 0.1) is 11.9 Å². The Hall–Kier alpha value is -1.87. The van der Waals surface area contributed by atoms with E-state index in [0.717, 1.165) is 5.69 Å². The maximum Gasteiger partial charge on any atom is 0.133 e. The first-order valence-corrected chi connectivity index (χ1v) is 5.68. The molecule has 2 N–H and O–H groups in total. The molecular formula is C14H16N2O. The Morgan fingerprint density at radius 1 is 1.18 bits per heavy atom. The van der Waals surface area contributed by atoms with Gasteiger partial charge in [-0.15, -0.1) is 0 Å². The number of nitrogens with one attached hydrogen (secondary N) is 1. The van der Waals surface area contributed by atoms with Crippen molar-refractivity contribution in [3.8, 4) is 5.75 Å². The van der Waals surface area contributed by atoms with Crippen LogP contribution in [0.1, 0.15) is 24.2 Å². The first-order valence-electron chi connectivity index (χ1n) is 5.68. The van der Waals surface area contributed by atoms with Gasteiger partial charge in [0.1, 0.15) is 5.75 Å². The molecule has 0 saturated heterocycles. The second-order valence-electron chi connectivity index (χ2n) is 4.02. The van der Waals surface area contributed by atoms with E-state index < -0.39 is 0 Å². The van der Waals surface area contributed by atoms with Gasteiger partial charge in [0, 0.05) is 12.6 Å². The second-order valence-corrected chi connectivity index (χ2v) is 4.02. The minimum Gasteiger partial charge on any atom is -0.506 e. The Bertz CT molecular complexity index is 453. The number of hydrogen-bond donors (Lipinski definition) is 2. The van der Waals surface area contributed by atoms with E-state index in [9.17, 15) is 0 Å². The Kier molecular flexibility index (Phi) is 3.73. The third-order valence-corrected chi connectivity index (χ3v) is 2.70. The molecular weight excluding hydrogens is 212 g/mol. The zero-order valence-corrected chi connectivity index (χ0v) is 9.80. The van der Waals surface area contributed by atoms with Gasteiger partial charge in [-0.1, -0.05) is 30.3 Å². The van der Waals surface area contributed by atoms with Gasteiger partial charge in [-0.25, -0.2) is 0 Å². The summed E-state index contributed by atoms with van der Waals surface area (Å²) < 4.78 is 0. The lowest BCUT2D eigenvalue weighted by molar-refractivity contribution is 0.471. The van der Waals surface area contributed by atoms with Crippen molar-refractivity contribution < 1.29 is 5.11 Å². The van der Waals surface area contributed by atoms with Crippen LogP contribution in [0.3, 0.4) is 0 Å². The minimum absolute atomic E-state index is 0.199. The summed E-state index contributed by atoms with van der Waals surface area (Å²) in [5, 5.41) is 12.5. The minimum atomic E-state index is 0.199. The number of pyridine rings is 1. The fourth-order valence-electron chi connectivity index (χ4n) is 1.64. The van der Waals surface area contributed by atoms with E-state index in [4.69, 9.17) is 5.11 Å². The molecule has 0 unspecified atom stereocenters. The molecule has 0 aliphatic rings. The largest absolute Gasteiger partial charge is 0.506 e. The van der Waals surface area contributed by atoms with Crippen LogP contribution in [0.4, 0.5) is 0 Å². The summed E-state index contributed by atoms with van der Waals surface area (Å²) in [6.45, 7) is 2.81. The van der Waals surface area contributed by atoms with Gasteiger partial charge in [0.15, 0.2) is 0 Å². The van der Waals surface area contributed by atoms with E-state index in [-0.39, 0.29) is 11.8 Å². The maximum atomic E-state index is 9.13. The van der Waals surface area contributed by atoms with Crippen LogP contribution in [-0.4, -0.2) is 10.1 Å². The van der Waals surface area contributed by atoms with E-state index in [1.807, 2.05) is 24.3 Å². The van der Waals surface area contributed by atoms with Crippen LogP contribution >= 0.6 is 0 Å². The van der Waals surface area contributed by atoms with Crippen LogP contribution in [0, 0.1) is 0 Å². The van der Waals surface area contributed by atoms with Crippen LogP contribution in [0.2, 0.25) is 0 Å². The van der Waals surface area contributed by atoms with Gasteiger partial charge in [0.25, 0.3) is 0 Å². The molecule has 0 aliphatic carbocycles. The third kappa shape index (κ3) is 3.29. The average molecular weight is 228 g/mol. The summed E-state index contributed by atoms with van der Waals surface area (Å²) in [4.78, 5) is 4.13. The standard InChI is InChI=1S/C14H16N2O/c1-11(12-5-3-2-4-6-12)15-9-13-7-8-14(17)10-16-13/h2-8,10-11,15,17H,9H2,1H3/t11-/m0/s1. The Morgan fingerprint density at radius 3 is 2.59 bits per heavy atom. The Labute approximate surface area is 101 Å². The molecule has 1 heterocycles. The van der Waals surface area contributed by atoms with E-state index >= 15 is 0 Å². The first-order chi connectivity index (χ1) is 8.25. The SMILES string of the molecule is C[C@H](NCc1ccc(O)cn1)c1ccccc1. The van der Waals surface area contributed by atoms with Crippen LogP contribution in [0.5, 0.6) is 5.75 Å². The van der Waals surface area contributed by atoms with E-state index in [1.165, 1.54) is 11.8 Å². The molecule has 0 bridgehead atoms. The lowest BCUT2D eigenvalue weighted by Gasteiger charge is -2.13. The van der Waals surface area contributed by atoms with E-state index in [0.29, 0.717) is 6.54 Å². The van der Waals surface area contributed by atoms with Gasteiger partial charge in [-0.05, 0) is 24.6 Å². The highest BCUT2D eigenvalue weighted by Crippen LogP contribution is 2.12. The molecule has 2 aromatic rings. The van der Waals surface area contributed by atoms with Crippen molar-refractivity contribution in [2.45, 2.75) is 19.5 Å². The maximum absolute atomic E-state index is 9.13. The summed E-state index contributed by atoms with van der Waals surface area (Å²) in [5.74, 6) is 0.199. The van der Waals surface area contributed by atoms with Crippen LogP contribution < -0.4 is 5.32 Å². The quantitative estimate of drug-likeness (QED) is 0.845. The van der Waals surface area contributed by atoms with Crippen molar-refractivity contribution in [2.75, 3.05) is 0 Å². The van der Waals surface area contributed by atoms with Gasteiger partial charge in [0.2, 0.25) is 0 Å². The van der Waals surface area contributed by atoms with Gasteiger partial charge >= 0.3 is 0 Å². The molecule has 3 heteroatoms. The molecule has 1 aromatic carbocycles. The summed E-state index contributed by atoms with van der Waals surface area (Å²) in [7, 11) is 0. The molecule has 0 fully saturated rings. The lowest BCUT2D eigenvalue weighted by Crippen LogP contribution is -2.18.